The summed E-state index contributed by atoms with van der Waals surface area (Å²) >= 11 is 0. The smallest absolute Gasteiger partial charge is 0.139 e. The molecule has 5 aromatic carbocycles. The summed E-state index contributed by atoms with van der Waals surface area (Å²) < 4.78 is 0. The van der Waals surface area contributed by atoms with E-state index in [-0.39, 0.29) is 5.75 Å². The molecule has 0 saturated heterocycles. The van der Waals surface area contributed by atoms with Crippen molar-refractivity contribution in [1.82, 2.24) is 0 Å². The molecule has 0 aliphatic carbocycles. The molecule has 0 saturated carbocycles. The van der Waals surface area contributed by atoms with Crippen molar-refractivity contribution in [3.05, 3.63) is 156 Å². The van der Waals surface area contributed by atoms with Gasteiger partial charge in [0.1, 0.15) is 5.75 Å². The number of hydrogen-bond acceptors (Lipinski definition) is 2. The number of nitrogens with zero attached hydrogens (tertiary/aromatic N) is 1. The van der Waals surface area contributed by atoms with E-state index in [9.17, 15) is 5.11 Å². The molecule has 1 N–H and O–H groups in total. The van der Waals surface area contributed by atoms with Crippen LogP contribution in [0, 0.1) is 0 Å². The van der Waals surface area contributed by atoms with Crippen LogP contribution in [0.3, 0.4) is 0 Å². The zero-order chi connectivity index (χ0) is 22.3. The second kappa shape index (κ2) is 7.68. The summed E-state index contributed by atoms with van der Waals surface area (Å²) in [6, 6.07) is 45.9. The van der Waals surface area contributed by atoms with Crippen LogP contribution in [0.2, 0.25) is 0 Å². The molecule has 0 atom stereocenters. The Balaban J connectivity index is 1.81. The zero-order valence-corrected chi connectivity index (χ0v) is 18.1. The molecular weight excluding hydrogens is 402 g/mol. The number of hydrogen-bond donors (Lipinski definition) is 1. The topological polar surface area (TPSA) is 23.5 Å². The van der Waals surface area contributed by atoms with Gasteiger partial charge < -0.3 is 10.0 Å². The Bertz CT molecular complexity index is 1370. The van der Waals surface area contributed by atoms with E-state index < -0.39 is 5.41 Å². The molecule has 0 radical (unpaired) electrons. The molecule has 33 heavy (non-hydrogen) atoms. The number of para-hydroxylation sites is 3. The quantitative estimate of drug-likeness (QED) is 0.316. The van der Waals surface area contributed by atoms with Crippen LogP contribution < -0.4 is 4.90 Å². The van der Waals surface area contributed by atoms with Crippen molar-refractivity contribution >= 4 is 17.1 Å². The molecule has 0 unspecified atom stereocenters. The van der Waals surface area contributed by atoms with Gasteiger partial charge in [-0.25, -0.2) is 0 Å². The van der Waals surface area contributed by atoms with Gasteiger partial charge in [-0.1, -0.05) is 109 Å². The summed E-state index contributed by atoms with van der Waals surface area (Å²) in [4.78, 5) is 2.18. The van der Waals surface area contributed by atoms with Gasteiger partial charge in [-0.05, 0) is 46.5 Å². The van der Waals surface area contributed by atoms with E-state index in [0.717, 1.165) is 22.6 Å². The Morgan fingerprint density at radius 1 is 0.485 bits per heavy atom. The number of rotatable bonds is 3. The average Bonchev–Trinajstić information content (AvgIpc) is 2.89. The number of phenolic OH excluding ortho intramolecular Hbond substituents is 1. The average molecular weight is 426 g/mol. The summed E-state index contributed by atoms with van der Waals surface area (Å²) in [7, 11) is 0. The summed E-state index contributed by atoms with van der Waals surface area (Å²) in [5.74, 6) is 0.266. The van der Waals surface area contributed by atoms with E-state index in [1.807, 2.05) is 24.3 Å². The van der Waals surface area contributed by atoms with Crippen LogP contribution in [0.1, 0.15) is 22.3 Å². The molecule has 2 nitrogen and oxygen atoms in total. The van der Waals surface area contributed by atoms with Crippen LogP contribution in [-0.4, -0.2) is 5.11 Å². The van der Waals surface area contributed by atoms with Gasteiger partial charge in [-0.2, -0.15) is 0 Å². The highest BCUT2D eigenvalue weighted by Gasteiger charge is 2.47. The predicted octanol–water partition coefficient (Wildman–Crippen LogP) is 7.56. The summed E-state index contributed by atoms with van der Waals surface area (Å²) in [6.45, 7) is 0. The largest absolute Gasteiger partial charge is 0.506 e. The molecule has 0 bridgehead atoms. The lowest BCUT2D eigenvalue weighted by Crippen LogP contribution is -2.37. The van der Waals surface area contributed by atoms with Gasteiger partial charge in [-0.3, -0.25) is 0 Å². The van der Waals surface area contributed by atoms with E-state index in [4.69, 9.17) is 0 Å². The van der Waals surface area contributed by atoms with Crippen LogP contribution in [0.15, 0.2) is 133 Å². The first-order chi connectivity index (χ1) is 16.3. The van der Waals surface area contributed by atoms with Crippen molar-refractivity contribution < 1.29 is 5.11 Å². The molecule has 0 aromatic heterocycles. The number of aromatic hydroxyl groups is 1. The first kappa shape index (κ1) is 19.4. The van der Waals surface area contributed by atoms with Crippen molar-refractivity contribution in [2.75, 3.05) is 4.90 Å². The van der Waals surface area contributed by atoms with Crippen molar-refractivity contribution in [2.45, 2.75) is 5.41 Å². The van der Waals surface area contributed by atoms with Crippen molar-refractivity contribution in [3.8, 4) is 5.75 Å². The maximum atomic E-state index is 11.3. The molecule has 0 fully saturated rings. The van der Waals surface area contributed by atoms with Gasteiger partial charge in [0, 0.05) is 5.69 Å². The van der Waals surface area contributed by atoms with E-state index in [2.05, 4.69) is 108 Å². The Morgan fingerprint density at radius 3 is 1.64 bits per heavy atom. The maximum Gasteiger partial charge on any atom is 0.139 e. The van der Waals surface area contributed by atoms with Gasteiger partial charge in [-0.15, -0.1) is 0 Å². The summed E-state index contributed by atoms with van der Waals surface area (Å²) in [5.41, 5.74) is 6.90. The van der Waals surface area contributed by atoms with E-state index in [1.165, 1.54) is 16.7 Å². The summed E-state index contributed by atoms with van der Waals surface area (Å²) in [5, 5.41) is 11.3. The Labute approximate surface area is 194 Å². The van der Waals surface area contributed by atoms with Crippen LogP contribution in [0.25, 0.3) is 0 Å². The Morgan fingerprint density at radius 2 is 1.00 bits per heavy atom. The van der Waals surface area contributed by atoms with Gasteiger partial charge in [0.15, 0.2) is 0 Å². The van der Waals surface area contributed by atoms with E-state index in [0.29, 0.717) is 0 Å². The third kappa shape index (κ3) is 2.81. The second-order valence-corrected chi connectivity index (χ2v) is 8.34. The van der Waals surface area contributed by atoms with E-state index >= 15 is 0 Å². The SMILES string of the molecule is Oc1cccc2c1N(c1ccccc1)c1ccccc1C2(c1ccccc1)c1ccccc1. The second-order valence-electron chi connectivity index (χ2n) is 8.34. The molecular formula is C31H23NO. The fourth-order valence-corrected chi connectivity index (χ4v) is 5.33. The fraction of sp³-hybridized carbons (Fsp3) is 0.0323. The molecule has 1 heterocycles. The lowest BCUT2D eigenvalue weighted by Gasteiger charge is -2.46. The predicted molar refractivity (Wildman–Crippen MR) is 135 cm³/mol. The Hall–Kier alpha value is -4.30. The zero-order valence-electron chi connectivity index (χ0n) is 18.1. The highest BCUT2D eigenvalue weighted by Crippen LogP contribution is 2.59. The van der Waals surface area contributed by atoms with E-state index in [1.54, 1.807) is 6.07 Å². The molecule has 0 amide bonds. The number of phenols is 1. The lowest BCUT2D eigenvalue weighted by atomic mass is 9.62. The summed E-state index contributed by atoms with van der Waals surface area (Å²) in [6.07, 6.45) is 0. The monoisotopic (exact) mass is 425 g/mol. The third-order valence-corrected chi connectivity index (χ3v) is 6.62. The molecule has 5 aromatic rings. The van der Waals surface area contributed by atoms with Crippen molar-refractivity contribution in [3.63, 3.8) is 0 Å². The first-order valence-corrected chi connectivity index (χ1v) is 11.2. The molecule has 1 aliphatic rings. The minimum atomic E-state index is -0.571. The third-order valence-electron chi connectivity index (χ3n) is 6.62. The van der Waals surface area contributed by atoms with Gasteiger partial charge >= 0.3 is 0 Å². The van der Waals surface area contributed by atoms with Gasteiger partial charge in [0.05, 0.1) is 16.8 Å². The number of anilines is 3. The lowest BCUT2D eigenvalue weighted by molar-refractivity contribution is 0.474. The molecule has 6 rings (SSSR count). The fourth-order valence-electron chi connectivity index (χ4n) is 5.33. The van der Waals surface area contributed by atoms with Crippen molar-refractivity contribution in [1.29, 1.82) is 0 Å². The van der Waals surface area contributed by atoms with Crippen LogP contribution >= 0.6 is 0 Å². The normalized spacial score (nSPS) is 13.8. The maximum absolute atomic E-state index is 11.3. The molecule has 2 heteroatoms. The highest BCUT2D eigenvalue weighted by atomic mass is 16.3. The molecule has 158 valence electrons. The standard InChI is InChI=1S/C31H23NO/c33-29-22-12-20-27-30(29)32(25-17-8-3-9-18-25)28-21-11-10-19-26(28)31(27,23-13-4-1-5-14-23)24-15-6-2-7-16-24/h1-22,33H. The van der Waals surface area contributed by atoms with Gasteiger partial charge in [0.25, 0.3) is 0 Å². The number of benzene rings is 5. The molecule has 0 spiro atoms. The van der Waals surface area contributed by atoms with Gasteiger partial charge in [0.2, 0.25) is 0 Å². The molecule has 1 aliphatic heterocycles. The first-order valence-electron chi connectivity index (χ1n) is 11.2. The minimum absolute atomic E-state index is 0.266. The van der Waals surface area contributed by atoms with Crippen LogP contribution in [0.4, 0.5) is 17.1 Å². The number of fused-ring (bicyclic) bond motifs is 2. The highest BCUT2D eigenvalue weighted by molar-refractivity contribution is 5.91. The van der Waals surface area contributed by atoms with Crippen LogP contribution in [0.5, 0.6) is 5.75 Å². The van der Waals surface area contributed by atoms with Crippen molar-refractivity contribution in [2.24, 2.45) is 0 Å². The Kier molecular flexibility index (Phi) is 4.51. The minimum Gasteiger partial charge on any atom is -0.506 e. The van der Waals surface area contributed by atoms with Crippen LogP contribution in [-0.2, 0) is 5.41 Å².